The first-order valence-electron chi connectivity index (χ1n) is 3.72. The summed E-state index contributed by atoms with van der Waals surface area (Å²) >= 11 is 7.52. The van der Waals surface area contributed by atoms with E-state index in [1.807, 2.05) is 6.07 Å². The molecule has 1 aliphatic rings. The van der Waals surface area contributed by atoms with Gasteiger partial charge in [0, 0.05) is 10.9 Å². The number of hydrogen-bond acceptors (Lipinski definition) is 2. The molecule has 2 N–H and O–H groups in total. The highest BCUT2D eigenvalue weighted by Crippen LogP contribution is 2.40. The minimum absolute atomic E-state index is 0.216. The van der Waals surface area contributed by atoms with E-state index in [1.54, 1.807) is 11.3 Å². The van der Waals surface area contributed by atoms with E-state index >= 15 is 0 Å². The molecule has 11 heavy (non-hydrogen) atoms. The quantitative estimate of drug-likeness (QED) is 0.664. The minimum Gasteiger partial charge on any atom is -0.324 e. The summed E-state index contributed by atoms with van der Waals surface area (Å²) in [6, 6.07) is 2.23. The van der Waals surface area contributed by atoms with Gasteiger partial charge in [0.05, 0.1) is 4.34 Å². The van der Waals surface area contributed by atoms with Crippen molar-refractivity contribution in [3.8, 4) is 0 Å². The van der Waals surface area contributed by atoms with Gasteiger partial charge in [-0.2, -0.15) is 0 Å². The van der Waals surface area contributed by atoms with Crippen LogP contribution in [0.5, 0.6) is 0 Å². The van der Waals surface area contributed by atoms with Gasteiger partial charge in [-0.3, -0.25) is 0 Å². The molecule has 0 spiro atoms. The molecule has 1 nitrogen and oxygen atoms in total. The first-order chi connectivity index (χ1) is 5.18. The van der Waals surface area contributed by atoms with Crippen LogP contribution < -0.4 is 5.73 Å². The Hall–Kier alpha value is -0.0500. The third kappa shape index (κ3) is 1.10. The van der Waals surface area contributed by atoms with Crippen molar-refractivity contribution in [3.63, 3.8) is 0 Å². The zero-order valence-electron chi connectivity index (χ0n) is 6.30. The SMILES string of the molecule is CC1Cc2sc(Cl)cc2C1N. The van der Waals surface area contributed by atoms with Crippen LogP contribution in [0, 0.1) is 5.92 Å². The minimum atomic E-state index is 0.216. The Morgan fingerprint density at radius 3 is 3.09 bits per heavy atom. The molecule has 1 aromatic rings. The number of halogens is 1. The summed E-state index contributed by atoms with van der Waals surface area (Å²) in [4.78, 5) is 1.38. The van der Waals surface area contributed by atoms with E-state index in [1.165, 1.54) is 10.4 Å². The highest BCUT2D eigenvalue weighted by atomic mass is 35.5. The third-order valence-electron chi connectivity index (χ3n) is 2.29. The van der Waals surface area contributed by atoms with Crippen LogP contribution in [0.15, 0.2) is 6.07 Å². The first kappa shape index (κ1) is 7.59. The molecular formula is C8H10ClNS. The van der Waals surface area contributed by atoms with E-state index < -0.39 is 0 Å². The summed E-state index contributed by atoms with van der Waals surface area (Å²) < 4.78 is 0.873. The monoisotopic (exact) mass is 187 g/mol. The number of fused-ring (bicyclic) bond motifs is 1. The summed E-state index contributed by atoms with van der Waals surface area (Å²) in [6.45, 7) is 2.19. The van der Waals surface area contributed by atoms with E-state index in [4.69, 9.17) is 17.3 Å². The lowest BCUT2D eigenvalue weighted by Gasteiger charge is -2.08. The van der Waals surface area contributed by atoms with Crippen LogP contribution in [-0.4, -0.2) is 0 Å². The fraction of sp³-hybridized carbons (Fsp3) is 0.500. The Balaban J connectivity index is 2.44. The summed E-state index contributed by atoms with van der Waals surface area (Å²) in [5, 5.41) is 0. The molecular weight excluding hydrogens is 178 g/mol. The van der Waals surface area contributed by atoms with Crippen molar-refractivity contribution >= 4 is 22.9 Å². The largest absolute Gasteiger partial charge is 0.324 e. The second kappa shape index (κ2) is 2.47. The number of thiophene rings is 1. The second-order valence-electron chi connectivity index (χ2n) is 3.14. The molecule has 3 heteroatoms. The van der Waals surface area contributed by atoms with Gasteiger partial charge in [0.1, 0.15) is 0 Å². The lowest BCUT2D eigenvalue weighted by molar-refractivity contribution is 0.513. The van der Waals surface area contributed by atoms with Crippen molar-refractivity contribution < 1.29 is 0 Å². The van der Waals surface area contributed by atoms with Gasteiger partial charge in [0.2, 0.25) is 0 Å². The molecule has 0 saturated carbocycles. The predicted octanol–water partition coefficient (Wildman–Crippen LogP) is 2.59. The zero-order valence-corrected chi connectivity index (χ0v) is 7.88. The van der Waals surface area contributed by atoms with Crippen LogP contribution in [0.4, 0.5) is 0 Å². The van der Waals surface area contributed by atoms with E-state index in [2.05, 4.69) is 6.92 Å². The standard InChI is InChI=1S/C8H10ClNS/c1-4-2-6-5(8(4)10)3-7(9)11-6/h3-4,8H,2,10H2,1H3. The fourth-order valence-electron chi connectivity index (χ4n) is 1.58. The summed E-state index contributed by atoms with van der Waals surface area (Å²) in [5.41, 5.74) is 7.22. The highest BCUT2D eigenvalue weighted by molar-refractivity contribution is 7.16. The van der Waals surface area contributed by atoms with Crippen LogP contribution in [0.25, 0.3) is 0 Å². The molecule has 0 amide bonds. The van der Waals surface area contributed by atoms with Gasteiger partial charge in [-0.15, -0.1) is 11.3 Å². The van der Waals surface area contributed by atoms with E-state index in [0.717, 1.165) is 10.8 Å². The summed E-state index contributed by atoms with van der Waals surface area (Å²) in [6.07, 6.45) is 1.11. The Labute approximate surface area is 75.2 Å². The number of hydrogen-bond donors (Lipinski definition) is 1. The molecule has 2 atom stereocenters. The van der Waals surface area contributed by atoms with Gasteiger partial charge < -0.3 is 5.73 Å². The Bertz CT molecular complexity index is 282. The smallest absolute Gasteiger partial charge is 0.0934 e. The maximum absolute atomic E-state index is 5.95. The van der Waals surface area contributed by atoms with Gasteiger partial charge in [0.15, 0.2) is 0 Å². The average Bonchev–Trinajstić information content (AvgIpc) is 2.37. The van der Waals surface area contributed by atoms with Gasteiger partial charge >= 0.3 is 0 Å². The maximum atomic E-state index is 5.95. The van der Waals surface area contributed by atoms with Crippen LogP contribution >= 0.6 is 22.9 Å². The number of nitrogens with two attached hydrogens (primary N) is 1. The van der Waals surface area contributed by atoms with Crippen LogP contribution in [0.2, 0.25) is 4.34 Å². The summed E-state index contributed by atoms with van der Waals surface area (Å²) in [7, 11) is 0. The molecule has 0 radical (unpaired) electrons. The molecule has 0 saturated heterocycles. The fourth-order valence-corrected chi connectivity index (χ4v) is 3.05. The third-order valence-corrected chi connectivity index (χ3v) is 3.59. The Kier molecular flexibility index (Phi) is 1.71. The molecule has 2 unspecified atom stereocenters. The van der Waals surface area contributed by atoms with Gasteiger partial charge in [-0.1, -0.05) is 18.5 Å². The molecule has 0 bridgehead atoms. The molecule has 1 aliphatic carbocycles. The normalized spacial score (nSPS) is 29.0. The van der Waals surface area contributed by atoms with Crippen molar-refractivity contribution in [2.75, 3.05) is 0 Å². The highest BCUT2D eigenvalue weighted by Gasteiger charge is 2.28. The average molecular weight is 188 g/mol. The van der Waals surface area contributed by atoms with Crippen molar-refractivity contribution in [1.82, 2.24) is 0 Å². The molecule has 0 fully saturated rings. The molecule has 60 valence electrons. The van der Waals surface area contributed by atoms with Crippen LogP contribution in [0.3, 0.4) is 0 Å². The number of rotatable bonds is 0. The van der Waals surface area contributed by atoms with Crippen molar-refractivity contribution in [1.29, 1.82) is 0 Å². The topological polar surface area (TPSA) is 26.0 Å². The first-order valence-corrected chi connectivity index (χ1v) is 4.91. The van der Waals surface area contributed by atoms with E-state index in [0.29, 0.717) is 5.92 Å². The maximum Gasteiger partial charge on any atom is 0.0934 e. The lowest BCUT2D eigenvalue weighted by Crippen LogP contribution is -2.13. The Morgan fingerprint density at radius 2 is 2.45 bits per heavy atom. The van der Waals surface area contributed by atoms with Gasteiger partial charge in [-0.25, -0.2) is 0 Å². The molecule has 0 aliphatic heterocycles. The molecule has 1 heterocycles. The van der Waals surface area contributed by atoms with Crippen LogP contribution in [-0.2, 0) is 6.42 Å². The molecule has 2 rings (SSSR count). The van der Waals surface area contributed by atoms with Crippen molar-refractivity contribution in [2.45, 2.75) is 19.4 Å². The molecule has 1 aromatic heterocycles. The summed E-state index contributed by atoms with van der Waals surface area (Å²) in [5.74, 6) is 0.591. The van der Waals surface area contributed by atoms with E-state index in [-0.39, 0.29) is 6.04 Å². The lowest BCUT2D eigenvalue weighted by atomic mass is 10.1. The van der Waals surface area contributed by atoms with Gasteiger partial charge in [-0.05, 0) is 24.0 Å². The molecule has 0 aromatic carbocycles. The zero-order chi connectivity index (χ0) is 8.01. The van der Waals surface area contributed by atoms with Gasteiger partial charge in [0.25, 0.3) is 0 Å². The second-order valence-corrected chi connectivity index (χ2v) is 4.90. The van der Waals surface area contributed by atoms with E-state index in [9.17, 15) is 0 Å². The van der Waals surface area contributed by atoms with Crippen molar-refractivity contribution in [3.05, 3.63) is 20.8 Å². The Morgan fingerprint density at radius 1 is 1.73 bits per heavy atom. The van der Waals surface area contributed by atoms with Crippen molar-refractivity contribution in [2.24, 2.45) is 11.7 Å². The van der Waals surface area contributed by atoms with Crippen LogP contribution in [0.1, 0.15) is 23.4 Å². The predicted molar refractivity (Wildman–Crippen MR) is 49.1 cm³/mol.